The Bertz CT molecular complexity index is 547. The van der Waals surface area contributed by atoms with E-state index in [1.54, 1.807) is 0 Å². The number of benzene rings is 1. The first-order valence-corrected chi connectivity index (χ1v) is 8.93. The molecule has 1 unspecified atom stereocenters. The maximum absolute atomic E-state index is 13.4. The Morgan fingerprint density at radius 1 is 1.24 bits per heavy atom. The molecule has 21 heavy (non-hydrogen) atoms. The normalized spacial score (nSPS) is 13.3. The molecule has 0 aliphatic carbocycles. The van der Waals surface area contributed by atoms with Crippen molar-refractivity contribution in [3.05, 3.63) is 29.6 Å². The molecule has 0 aliphatic rings. The largest absolute Gasteiger partial charge is 0.326 e. The predicted molar refractivity (Wildman–Crippen MR) is 82.8 cm³/mol. The van der Waals surface area contributed by atoms with Gasteiger partial charge in [-0.05, 0) is 30.5 Å². The Morgan fingerprint density at radius 3 is 2.52 bits per heavy atom. The number of hydrogen-bond acceptors (Lipinski definition) is 3. The molecule has 1 aromatic rings. The van der Waals surface area contributed by atoms with Gasteiger partial charge in [-0.15, -0.1) is 0 Å². The van der Waals surface area contributed by atoms with Crippen LogP contribution in [0.3, 0.4) is 0 Å². The summed E-state index contributed by atoms with van der Waals surface area (Å²) in [4.78, 5) is -0.0531. The van der Waals surface area contributed by atoms with Crippen molar-refractivity contribution in [2.75, 3.05) is 0 Å². The molecule has 0 heterocycles. The fraction of sp³-hybridized carbons (Fsp3) is 0.600. The number of sulfonamides is 1. The van der Waals surface area contributed by atoms with Crippen molar-refractivity contribution in [1.29, 1.82) is 0 Å². The van der Waals surface area contributed by atoms with Gasteiger partial charge in [-0.25, -0.2) is 17.5 Å². The van der Waals surface area contributed by atoms with E-state index in [1.165, 1.54) is 12.1 Å². The van der Waals surface area contributed by atoms with Crippen molar-refractivity contribution in [3.63, 3.8) is 0 Å². The van der Waals surface area contributed by atoms with Crippen LogP contribution in [0.4, 0.5) is 4.39 Å². The van der Waals surface area contributed by atoms with Crippen molar-refractivity contribution < 1.29 is 12.8 Å². The van der Waals surface area contributed by atoms with Gasteiger partial charge in [-0.2, -0.15) is 0 Å². The van der Waals surface area contributed by atoms with E-state index in [4.69, 9.17) is 5.73 Å². The van der Waals surface area contributed by atoms with Crippen molar-refractivity contribution in [2.24, 2.45) is 5.73 Å². The molecule has 0 fully saturated rings. The lowest BCUT2D eigenvalue weighted by Gasteiger charge is -2.19. The third-order valence-electron chi connectivity index (χ3n) is 3.40. The van der Waals surface area contributed by atoms with Gasteiger partial charge in [0.15, 0.2) is 0 Å². The molecule has 6 heteroatoms. The van der Waals surface area contributed by atoms with E-state index < -0.39 is 15.8 Å². The quantitative estimate of drug-likeness (QED) is 0.736. The zero-order valence-corrected chi connectivity index (χ0v) is 13.5. The molecule has 4 nitrogen and oxygen atoms in total. The summed E-state index contributed by atoms with van der Waals surface area (Å²) >= 11 is 0. The fourth-order valence-electron chi connectivity index (χ4n) is 2.29. The minimum absolute atomic E-state index is 0.0531. The summed E-state index contributed by atoms with van der Waals surface area (Å²) in [7, 11) is -3.75. The summed E-state index contributed by atoms with van der Waals surface area (Å²) in [5, 5.41) is 0. The third-order valence-corrected chi connectivity index (χ3v) is 5.01. The molecule has 1 rings (SSSR count). The fourth-order valence-corrected chi connectivity index (χ4v) is 3.86. The molecule has 1 atom stereocenters. The topological polar surface area (TPSA) is 72.2 Å². The highest BCUT2D eigenvalue weighted by atomic mass is 32.2. The smallest absolute Gasteiger partial charge is 0.241 e. The van der Waals surface area contributed by atoms with Crippen LogP contribution in [0, 0.1) is 5.82 Å². The predicted octanol–water partition coefficient (Wildman–Crippen LogP) is 2.92. The van der Waals surface area contributed by atoms with Gasteiger partial charge in [-0.1, -0.05) is 39.2 Å². The highest BCUT2D eigenvalue weighted by Gasteiger charge is 2.22. The van der Waals surface area contributed by atoms with Crippen molar-refractivity contribution in [2.45, 2.75) is 63.4 Å². The molecular formula is C15H25FN2O2S. The Labute approximate surface area is 127 Å². The summed E-state index contributed by atoms with van der Waals surface area (Å²) in [5.41, 5.74) is 5.98. The first kappa shape index (κ1) is 18.1. The lowest BCUT2D eigenvalue weighted by atomic mass is 10.1. The minimum Gasteiger partial charge on any atom is -0.326 e. The zero-order valence-electron chi connectivity index (χ0n) is 12.7. The summed E-state index contributed by atoms with van der Waals surface area (Å²) < 4.78 is 41.0. The number of halogens is 1. The molecule has 0 bridgehead atoms. The molecule has 0 amide bonds. The summed E-state index contributed by atoms with van der Waals surface area (Å²) in [6, 6.07) is 3.56. The lowest BCUT2D eigenvalue weighted by Crippen LogP contribution is -2.35. The highest BCUT2D eigenvalue weighted by Crippen LogP contribution is 2.19. The van der Waals surface area contributed by atoms with Crippen LogP contribution < -0.4 is 10.5 Å². The van der Waals surface area contributed by atoms with Crippen LogP contribution in [-0.2, 0) is 16.6 Å². The van der Waals surface area contributed by atoms with Crippen molar-refractivity contribution in [3.8, 4) is 0 Å². The average Bonchev–Trinajstić information content (AvgIpc) is 2.44. The van der Waals surface area contributed by atoms with Gasteiger partial charge in [0.25, 0.3) is 0 Å². The molecule has 0 saturated heterocycles. The van der Waals surface area contributed by atoms with Gasteiger partial charge in [0.2, 0.25) is 10.0 Å². The molecule has 120 valence electrons. The standard InChI is InChI=1S/C15H25FN2O2S/c1-3-5-7-14(6-4-2)18-21(19,20)15-10-13(16)9-8-12(15)11-17/h8-10,14,18H,3-7,11,17H2,1-2H3. The van der Waals surface area contributed by atoms with Crippen LogP contribution in [-0.4, -0.2) is 14.5 Å². The number of hydrogen-bond donors (Lipinski definition) is 2. The number of unbranched alkanes of at least 4 members (excludes halogenated alkanes) is 1. The molecule has 3 N–H and O–H groups in total. The SMILES string of the molecule is CCCCC(CCC)NS(=O)(=O)c1cc(F)ccc1CN. The molecule has 1 aromatic carbocycles. The minimum atomic E-state index is -3.75. The molecule has 0 aliphatic heterocycles. The molecule has 0 aromatic heterocycles. The van der Waals surface area contributed by atoms with E-state index in [0.717, 1.165) is 38.2 Å². The van der Waals surface area contributed by atoms with Gasteiger partial charge in [0.1, 0.15) is 5.82 Å². The first-order chi connectivity index (χ1) is 9.94. The van der Waals surface area contributed by atoms with Gasteiger partial charge in [0.05, 0.1) is 4.90 Å². The van der Waals surface area contributed by atoms with Crippen LogP contribution in [0.15, 0.2) is 23.1 Å². The molecule has 0 radical (unpaired) electrons. The van der Waals surface area contributed by atoms with E-state index in [-0.39, 0.29) is 17.5 Å². The second-order valence-electron chi connectivity index (χ2n) is 5.21. The summed E-state index contributed by atoms with van der Waals surface area (Å²) in [5.74, 6) is -0.576. The van der Waals surface area contributed by atoms with Crippen LogP contribution in [0.1, 0.15) is 51.5 Å². The Morgan fingerprint density at radius 2 is 1.95 bits per heavy atom. The van der Waals surface area contributed by atoms with Crippen LogP contribution in [0.5, 0.6) is 0 Å². The summed E-state index contributed by atoms with van der Waals surface area (Å²) in [6.45, 7) is 4.14. The number of rotatable bonds is 9. The van der Waals surface area contributed by atoms with E-state index in [2.05, 4.69) is 11.6 Å². The van der Waals surface area contributed by atoms with Gasteiger partial charge >= 0.3 is 0 Å². The monoisotopic (exact) mass is 316 g/mol. The van der Waals surface area contributed by atoms with Crippen LogP contribution in [0.25, 0.3) is 0 Å². The van der Waals surface area contributed by atoms with E-state index in [1.807, 2.05) is 6.92 Å². The maximum Gasteiger partial charge on any atom is 0.241 e. The van der Waals surface area contributed by atoms with Gasteiger partial charge < -0.3 is 5.73 Å². The van der Waals surface area contributed by atoms with E-state index >= 15 is 0 Å². The highest BCUT2D eigenvalue weighted by molar-refractivity contribution is 7.89. The van der Waals surface area contributed by atoms with Crippen LogP contribution >= 0.6 is 0 Å². The third kappa shape index (κ3) is 5.37. The first-order valence-electron chi connectivity index (χ1n) is 7.45. The zero-order chi connectivity index (χ0) is 15.9. The van der Waals surface area contributed by atoms with Crippen molar-refractivity contribution >= 4 is 10.0 Å². The Balaban J connectivity index is 3.00. The van der Waals surface area contributed by atoms with Gasteiger partial charge in [-0.3, -0.25) is 0 Å². The Kier molecular flexibility index (Phi) is 7.28. The van der Waals surface area contributed by atoms with E-state index in [0.29, 0.717) is 5.56 Å². The van der Waals surface area contributed by atoms with Crippen molar-refractivity contribution in [1.82, 2.24) is 4.72 Å². The summed E-state index contributed by atoms with van der Waals surface area (Å²) in [6.07, 6.45) is 4.42. The lowest BCUT2D eigenvalue weighted by molar-refractivity contribution is 0.482. The molecular weight excluding hydrogens is 291 g/mol. The second-order valence-corrected chi connectivity index (χ2v) is 6.89. The van der Waals surface area contributed by atoms with Crippen LogP contribution in [0.2, 0.25) is 0 Å². The Hall–Kier alpha value is -0.980. The molecule has 0 saturated carbocycles. The number of nitrogens with two attached hydrogens (primary N) is 1. The molecule has 0 spiro atoms. The average molecular weight is 316 g/mol. The van der Waals surface area contributed by atoms with E-state index in [9.17, 15) is 12.8 Å². The number of nitrogens with one attached hydrogen (secondary N) is 1. The second kappa shape index (κ2) is 8.46. The maximum atomic E-state index is 13.4. The van der Waals surface area contributed by atoms with Gasteiger partial charge in [0, 0.05) is 12.6 Å².